The molecule has 0 nitrogen and oxygen atoms in total. The van der Waals surface area contributed by atoms with E-state index in [9.17, 15) is 0 Å². The molecule has 0 N–H and O–H groups in total. The van der Waals surface area contributed by atoms with Crippen LogP contribution in [0.3, 0.4) is 0 Å². The second kappa shape index (κ2) is 7.24. The highest BCUT2D eigenvalue weighted by atomic mass is 35.5. The number of alkyl halides is 2. The first-order chi connectivity index (χ1) is 8.42. The molecule has 0 fully saturated rings. The quantitative estimate of drug-likeness (QED) is 0.558. The summed E-state index contributed by atoms with van der Waals surface area (Å²) in [6.45, 7) is 4.36. The molecule has 4 heteroatoms. The fourth-order valence-electron chi connectivity index (χ4n) is 2.25. The van der Waals surface area contributed by atoms with Gasteiger partial charge in [0.2, 0.25) is 0 Å². The minimum atomic E-state index is -0.102. The lowest BCUT2D eigenvalue weighted by molar-refractivity contribution is 0.295. The van der Waals surface area contributed by atoms with Gasteiger partial charge in [0.15, 0.2) is 0 Å². The Labute approximate surface area is 130 Å². The minimum Gasteiger partial charge on any atom is -0.126 e. The Morgan fingerprint density at radius 3 is 2.17 bits per heavy atom. The van der Waals surface area contributed by atoms with Crippen LogP contribution in [-0.4, -0.2) is 11.8 Å². The molecule has 0 aromatic heterocycles. The van der Waals surface area contributed by atoms with E-state index >= 15 is 0 Å². The molecule has 18 heavy (non-hydrogen) atoms. The zero-order valence-corrected chi connectivity index (χ0v) is 13.7. The molecular weight excluding hydrogens is 310 g/mol. The van der Waals surface area contributed by atoms with E-state index in [-0.39, 0.29) is 5.41 Å². The summed E-state index contributed by atoms with van der Waals surface area (Å²) in [5, 5.41) is 1.33. The number of hydrogen-bond donors (Lipinski definition) is 0. The van der Waals surface area contributed by atoms with E-state index < -0.39 is 0 Å². The van der Waals surface area contributed by atoms with Gasteiger partial charge in [0.05, 0.1) is 0 Å². The van der Waals surface area contributed by atoms with Gasteiger partial charge in [-0.1, -0.05) is 43.1 Å². The Kier molecular flexibility index (Phi) is 6.61. The third kappa shape index (κ3) is 4.49. The number of rotatable bonds is 6. The molecule has 0 unspecified atom stereocenters. The van der Waals surface area contributed by atoms with Crippen molar-refractivity contribution in [2.24, 2.45) is 11.3 Å². The molecular formula is C14H18Cl4. The van der Waals surface area contributed by atoms with Gasteiger partial charge in [-0.2, -0.15) is 0 Å². The summed E-state index contributed by atoms with van der Waals surface area (Å²) >= 11 is 24.4. The number of hydrogen-bond acceptors (Lipinski definition) is 0. The lowest BCUT2D eigenvalue weighted by atomic mass is 9.78. The molecule has 102 valence electrons. The van der Waals surface area contributed by atoms with Gasteiger partial charge in [-0.05, 0) is 36.5 Å². The molecule has 0 aliphatic heterocycles. The van der Waals surface area contributed by atoms with E-state index in [4.69, 9.17) is 46.4 Å². The van der Waals surface area contributed by atoms with Crippen LogP contribution in [0.15, 0.2) is 18.2 Å². The molecule has 0 atom stereocenters. The van der Waals surface area contributed by atoms with Crippen LogP contribution in [-0.2, 0) is 6.42 Å². The molecule has 0 saturated heterocycles. The van der Waals surface area contributed by atoms with Crippen molar-refractivity contribution >= 4 is 46.4 Å². The highest BCUT2D eigenvalue weighted by molar-refractivity contribution is 6.35. The Morgan fingerprint density at radius 2 is 1.72 bits per heavy atom. The maximum Gasteiger partial charge on any atom is 0.0453 e. The molecule has 1 aromatic rings. The number of halogens is 4. The predicted molar refractivity (Wildman–Crippen MR) is 83.5 cm³/mol. The van der Waals surface area contributed by atoms with Gasteiger partial charge >= 0.3 is 0 Å². The Bertz CT molecular complexity index is 383. The molecule has 0 bridgehead atoms. The van der Waals surface area contributed by atoms with Crippen LogP contribution in [0.2, 0.25) is 10.0 Å². The lowest BCUT2D eigenvalue weighted by Gasteiger charge is -2.32. The van der Waals surface area contributed by atoms with Crippen molar-refractivity contribution in [1.82, 2.24) is 0 Å². The van der Waals surface area contributed by atoms with E-state index in [1.54, 1.807) is 6.07 Å². The zero-order valence-electron chi connectivity index (χ0n) is 10.6. The summed E-state index contributed by atoms with van der Waals surface area (Å²) in [5.41, 5.74) is 0.956. The van der Waals surface area contributed by atoms with Crippen LogP contribution in [0, 0.1) is 11.3 Å². The first-order valence-electron chi connectivity index (χ1n) is 5.98. The van der Waals surface area contributed by atoms with Gasteiger partial charge in [-0.25, -0.2) is 0 Å². The summed E-state index contributed by atoms with van der Waals surface area (Å²) in [7, 11) is 0. The maximum atomic E-state index is 6.22. The standard InChI is InChI=1S/C14H18Cl4/c1-10(2)6-14(8-15,9-16)7-11-3-4-12(17)5-13(11)18/h3-5,10H,6-9H2,1-2H3. The topological polar surface area (TPSA) is 0 Å². The molecule has 1 aromatic carbocycles. The lowest BCUT2D eigenvalue weighted by Crippen LogP contribution is -2.30. The van der Waals surface area contributed by atoms with Crippen molar-refractivity contribution in [3.8, 4) is 0 Å². The molecule has 0 aliphatic carbocycles. The molecule has 0 heterocycles. The van der Waals surface area contributed by atoms with Gasteiger partial charge in [0.25, 0.3) is 0 Å². The van der Waals surface area contributed by atoms with E-state index in [1.165, 1.54) is 0 Å². The van der Waals surface area contributed by atoms with Crippen molar-refractivity contribution in [3.05, 3.63) is 33.8 Å². The Morgan fingerprint density at radius 1 is 1.11 bits per heavy atom. The summed E-state index contributed by atoms with van der Waals surface area (Å²) in [4.78, 5) is 0. The first kappa shape index (κ1) is 16.4. The van der Waals surface area contributed by atoms with Crippen LogP contribution >= 0.6 is 46.4 Å². The normalized spacial score (nSPS) is 12.2. The van der Waals surface area contributed by atoms with Gasteiger partial charge in [-0.15, -0.1) is 23.2 Å². The minimum absolute atomic E-state index is 0.102. The third-order valence-electron chi connectivity index (χ3n) is 2.99. The van der Waals surface area contributed by atoms with E-state index in [0.29, 0.717) is 27.7 Å². The maximum absolute atomic E-state index is 6.22. The van der Waals surface area contributed by atoms with Crippen molar-refractivity contribution in [2.75, 3.05) is 11.8 Å². The summed E-state index contributed by atoms with van der Waals surface area (Å²) < 4.78 is 0. The average molecular weight is 328 g/mol. The van der Waals surface area contributed by atoms with Crippen LogP contribution in [0.25, 0.3) is 0 Å². The molecule has 0 amide bonds. The second-order valence-corrected chi connectivity index (χ2v) is 6.66. The molecule has 0 spiro atoms. The molecule has 0 saturated carbocycles. The average Bonchev–Trinajstić information content (AvgIpc) is 2.31. The van der Waals surface area contributed by atoms with Crippen molar-refractivity contribution < 1.29 is 0 Å². The second-order valence-electron chi connectivity index (χ2n) is 5.28. The van der Waals surface area contributed by atoms with Crippen molar-refractivity contribution in [2.45, 2.75) is 26.7 Å². The van der Waals surface area contributed by atoms with Crippen LogP contribution in [0.1, 0.15) is 25.8 Å². The SMILES string of the molecule is CC(C)CC(CCl)(CCl)Cc1ccc(Cl)cc1Cl. The largest absolute Gasteiger partial charge is 0.126 e. The van der Waals surface area contributed by atoms with Crippen molar-refractivity contribution in [3.63, 3.8) is 0 Å². The molecule has 1 rings (SSSR count). The Hall–Kier alpha value is 0.380. The van der Waals surface area contributed by atoms with Crippen LogP contribution in [0.4, 0.5) is 0 Å². The third-order valence-corrected chi connectivity index (χ3v) is 4.71. The molecule has 0 radical (unpaired) electrons. The molecule has 0 aliphatic rings. The van der Waals surface area contributed by atoms with Gasteiger partial charge in [0, 0.05) is 27.2 Å². The fourth-order valence-corrected chi connectivity index (χ4v) is 3.41. The summed E-state index contributed by atoms with van der Waals surface area (Å²) in [5.74, 6) is 1.62. The number of benzene rings is 1. The van der Waals surface area contributed by atoms with Gasteiger partial charge in [-0.3, -0.25) is 0 Å². The smallest absolute Gasteiger partial charge is 0.0453 e. The van der Waals surface area contributed by atoms with Gasteiger partial charge in [0.1, 0.15) is 0 Å². The highest BCUT2D eigenvalue weighted by Gasteiger charge is 2.30. The monoisotopic (exact) mass is 326 g/mol. The Balaban J connectivity index is 2.95. The van der Waals surface area contributed by atoms with E-state index in [2.05, 4.69) is 13.8 Å². The van der Waals surface area contributed by atoms with Crippen molar-refractivity contribution in [1.29, 1.82) is 0 Å². The van der Waals surface area contributed by atoms with E-state index in [1.807, 2.05) is 12.1 Å². The fraction of sp³-hybridized carbons (Fsp3) is 0.571. The van der Waals surface area contributed by atoms with Crippen LogP contribution in [0.5, 0.6) is 0 Å². The van der Waals surface area contributed by atoms with E-state index in [0.717, 1.165) is 18.4 Å². The zero-order chi connectivity index (χ0) is 13.8. The summed E-state index contributed by atoms with van der Waals surface area (Å²) in [6, 6.07) is 5.57. The highest BCUT2D eigenvalue weighted by Crippen LogP contribution is 2.36. The predicted octanol–water partition coefficient (Wildman–Crippen LogP) is 6.05. The van der Waals surface area contributed by atoms with Crippen LogP contribution < -0.4 is 0 Å². The first-order valence-corrected chi connectivity index (χ1v) is 7.81. The summed E-state index contributed by atoms with van der Waals surface area (Å²) in [6.07, 6.45) is 1.77. The van der Waals surface area contributed by atoms with Gasteiger partial charge < -0.3 is 0 Å².